The maximum absolute atomic E-state index is 14.0. The average molecular weight is 256 g/mol. The lowest BCUT2D eigenvalue weighted by Gasteiger charge is -2.06. The fourth-order valence-electron chi connectivity index (χ4n) is 2.43. The van der Waals surface area contributed by atoms with Gasteiger partial charge in [-0.1, -0.05) is 18.2 Å². The van der Waals surface area contributed by atoms with Gasteiger partial charge in [-0.15, -0.1) is 0 Å². The van der Waals surface area contributed by atoms with Gasteiger partial charge in [0.15, 0.2) is 0 Å². The minimum Gasteiger partial charge on any atom is -0.490 e. The van der Waals surface area contributed by atoms with Crippen LogP contribution in [0, 0.1) is 5.82 Å². The molecule has 1 aliphatic rings. The number of hydrogen-bond donors (Lipinski definition) is 0. The molecular formula is C16H13FO2. The maximum Gasteiger partial charge on any atom is 0.150 e. The van der Waals surface area contributed by atoms with Crippen LogP contribution in [0.25, 0.3) is 11.1 Å². The largest absolute Gasteiger partial charge is 0.490 e. The SMILES string of the molecule is CC1Cc2cc(-c3ccc(C=O)cc3F)ccc2O1. The Morgan fingerprint density at radius 3 is 2.84 bits per heavy atom. The highest BCUT2D eigenvalue weighted by molar-refractivity contribution is 5.77. The van der Waals surface area contributed by atoms with E-state index in [4.69, 9.17) is 4.74 Å². The molecule has 19 heavy (non-hydrogen) atoms. The molecule has 96 valence electrons. The molecule has 1 atom stereocenters. The Hall–Kier alpha value is -2.16. The number of fused-ring (bicyclic) bond motifs is 1. The fraction of sp³-hybridized carbons (Fsp3) is 0.188. The predicted molar refractivity (Wildman–Crippen MR) is 71.0 cm³/mol. The zero-order chi connectivity index (χ0) is 13.4. The lowest BCUT2D eigenvalue weighted by molar-refractivity contribution is 0.112. The summed E-state index contributed by atoms with van der Waals surface area (Å²) in [4.78, 5) is 10.6. The van der Waals surface area contributed by atoms with Crippen LogP contribution in [0.4, 0.5) is 4.39 Å². The Morgan fingerprint density at radius 1 is 1.26 bits per heavy atom. The van der Waals surface area contributed by atoms with E-state index in [-0.39, 0.29) is 11.9 Å². The highest BCUT2D eigenvalue weighted by Gasteiger charge is 2.19. The summed E-state index contributed by atoms with van der Waals surface area (Å²) >= 11 is 0. The zero-order valence-corrected chi connectivity index (χ0v) is 10.5. The van der Waals surface area contributed by atoms with Crippen LogP contribution in [0.15, 0.2) is 36.4 Å². The number of hydrogen-bond acceptors (Lipinski definition) is 2. The molecule has 1 aliphatic heterocycles. The topological polar surface area (TPSA) is 26.3 Å². The molecule has 0 spiro atoms. The molecule has 2 aromatic carbocycles. The van der Waals surface area contributed by atoms with E-state index in [2.05, 4.69) is 0 Å². The van der Waals surface area contributed by atoms with Crippen LogP contribution in [0.5, 0.6) is 5.75 Å². The first-order valence-electron chi connectivity index (χ1n) is 6.22. The van der Waals surface area contributed by atoms with Gasteiger partial charge in [-0.2, -0.15) is 0 Å². The zero-order valence-electron chi connectivity index (χ0n) is 10.5. The number of ether oxygens (including phenoxy) is 1. The molecule has 0 amide bonds. The summed E-state index contributed by atoms with van der Waals surface area (Å²) in [5, 5.41) is 0. The van der Waals surface area contributed by atoms with E-state index in [0.717, 1.165) is 23.3 Å². The van der Waals surface area contributed by atoms with Gasteiger partial charge in [0, 0.05) is 17.5 Å². The standard InChI is InChI=1S/C16H13FO2/c1-10-6-13-8-12(3-5-16(13)19-10)14-4-2-11(9-18)7-15(14)17/h2-5,7-10H,6H2,1H3. The van der Waals surface area contributed by atoms with E-state index in [1.807, 2.05) is 25.1 Å². The molecule has 3 heteroatoms. The molecule has 3 rings (SSSR count). The van der Waals surface area contributed by atoms with Gasteiger partial charge < -0.3 is 4.74 Å². The third-order valence-corrected chi connectivity index (χ3v) is 3.34. The molecule has 2 nitrogen and oxygen atoms in total. The van der Waals surface area contributed by atoms with Crippen molar-refractivity contribution in [2.45, 2.75) is 19.4 Å². The van der Waals surface area contributed by atoms with Crippen LogP contribution in [-0.2, 0) is 6.42 Å². The van der Waals surface area contributed by atoms with E-state index in [1.54, 1.807) is 12.1 Å². The van der Waals surface area contributed by atoms with Crippen molar-refractivity contribution in [3.63, 3.8) is 0 Å². The van der Waals surface area contributed by atoms with Gasteiger partial charge in [0.2, 0.25) is 0 Å². The number of halogens is 1. The Morgan fingerprint density at radius 2 is 2.11 bits per heavy atom. The Balaban J connectivity index is 2.04. The fourth-order valence-corrected chi connectivity index (χ4v) is 2.43. The van der Waals surface area contributed by atoms with Crippen molar-refractivity contribution in [3.05, 3.63) is 53.3 Å². The minimum atomic E-state index is -0.378. The third kappa shape index (κ3) is 2.12. The Bertz CT molecular complexity index is 649. The summed E-state index contributed by atoms with van der Waals surface area (Å²) < 4.78 is 19.6. The van der Waals surface area contributed by atoms with Gasteiger partial charge in [-0.25, -0.2) is 4.39 Å². The van der Waals surface area contributed by atoms with E-state index in [0.29, 0.717) is 17.4 Å². The molecular weight excluding hydrogens is 243 g/mol. The second-order valence-electron chi connectivity index (χ2n) is 4.81. The molecule has 0 N–H and O–H groups in total. The van der Waals surface area contributed by atoms with E-state index >= 15 is 0 Å². The van der Waals surface area contributed by atoms with Crippen molar-refractivity contribution in [2.24, 2.45) is 0 Å². The number of carbonyl (C=O) groups excluding carboxylic acids is 1. The second-order valence-corrected chi connectivity index (χ2v) is 4.81. The van der Waals surface area contributed by atoms with Gasteiger partial charge in [0.05, 0.1) is 0 Å². The predicted octanol–water partition coefficient (Wildman–Crippen LogP) is 3.63. The van der Waals surface area contributed by atoms with Gasteiger partial charge in [-0.05, 0) is 36.2 Å². The van der Waals surface area contributed by atoms with Crippen molar-refractivity contribution < 1.29 is 13.9 Å². The van der Waals surface area contributed by atoms with E-state index in [1.165, 1.54) is 6.07 Å². The summed E-state index contributed by atoms with van der Waals surface area (Å²) in [6, 6.07) is 10.2. The smallest absolute Gasteiger partial charge is 0.150 e. The van der Waals surface area contributed by atoms with Crippen LogP contribution in [0.1, 0.15) is 22.8 Å². The Kier molecular flexibility index (Phi) is 2.82. The normalized spacial score (nSPS) is 16.8. The lowest BCUT2D eigenvalue weighted by atomic mass is 10.00. The van der Waals surface area contributed by atoms with Crippen LogP contribution in [0.2, 0.25) is 0 Å². The second kappa shape index (κ2) is 4.50. The van der Waals surface area contributed by atoms with Crippen molar-refractivity contribution in [1.29, 1.82) is 0 Å². The number of benzene rings is 2. The van der Waals surface area contributed by atoms with Crippen LogP contribution in [0.3, 0.4) is 0 Å². The van der Waals surface area contributed by atoms with Crippen molar-refractivity contribution in [2.75, 3.05) is 0 Å². The molecule has 0 saturated heterocycles. The monoisotopic (exact) mass is 256 g/mol. The van der Waals surface area contributed by atoms with Crippen molar-refractivity contribution in [1.82, 2.24) is 0 Å². The molecule has 1 unspecified atom stereocenters. The third-order valence-electron chi connectivity index (χ3n) is 3.34. The van der Waals surface area contributed by atoms with Gasteiger partial charge in [0.1, 0.15) is 24.0 Å². The highest BCUT2D eigenvalue weighted by atomic mass is 19.1. The van der Waals surface area contributed by atoms with Gasteiger partial charge in [-0.3, -0.25) is 4.79 Å². The average Bonchev–Trinajstić information content (AvgIpc) is 2.77. The minimum absolute atomic E-state index is 0.174. The van der Waals surface area contributed by atoms with Crippen molar-refractivity contribution in [3.8, 4) is 16.9 Å². The summed E-state index contributed by atoms with van der Waals surface area (Å²) in [6.07, 6.45) is 1.66. The van der Waals surface area contributed by atoms with Crippen LogP contribution < -0.4 is 4.74 Å². The van der Waals surface area contributed by atoms with Gasteiger partial charge >= 0.3 is 0 Å². The van der Waals surface area contributed by atoms with Crippen LogP contribution >= 0.6 is 0 Å². The quantitative estimate of drug-likeness (QED) is 0.767. The summed E-state index contributed by atoms with van der Waals surface area (Å²) in [5.74, 6) is 0.498. The highest BCUT2D eigenvalue weighted by Crippen LogP contribution is 2.33. The van der Waals surface area contributed by atoms with E-state index < -0.39 is 0 Å². The summed E-state index contributed by atoms with van der Waals surface area (Å²) in [6.45, 7) is 2.01. The van der Waals surface area contributed by atoms with Gasteiger partial charge in [0.25, 0.3) is 0 Å². The summed E-state index contributed by atoms with van der Waals surface area (Å²) in [7, 11) is 0. The molecule has 0 radical (unpaired) electrons. The molecule has 1 heterocycles. The molecule has 2 aromatic rings. The first-order valence-corrected chi connectivity index (χ1v) is 6.22. The molecule has 0 aromatic heterocycles. The molecule has 0 fully saturated rings. The number of aldehydes is 1. The number of rotatable bonds is 2. The molecule has 0 saturated carbocycles. The summed E-state index contributed by atoms with van der Waals surface area (Å²) in [5.41, 5.74) is 2.77. The van der Waals surface area contributed by atoms with Crippen LogP contribution in [-0.4, -0.2) is 12.4 Å². The maximum atomic E-state index is 14.0. The molecule has 0 aliphatic carbocycles. The molecule has 0 bridgehead atoms. The lowest BCUT2D eigenvalue weighted by Crippen LogP contribution is -2.05. The first kappa shape index (κ1) is 11.9. The number of carbonyl (C=O) groups is 1. The first-order chi connectivity index (χ1) is 9.17. The van der Waals surface area contributed by atoms with E-state index in [9.17, 15) is 9.18 Å². The Labute approximate surface area is 110 Å². The van der Waals surface area contributed by atoms with Crippen molar-refractivity contribution >= 4 is 6.29 Å².